The zero-order chi connectivity index (χ0) is 57.2. The van der Waals surface area contributed by atoms with Gasteiger partial charge >= 0.3 is 5.97 Å². The number of ether oxygens (including phenoxy) is 6. The minimum atomic E-state index is -1.71. The van der Waals surface area contributed by atoms with E-state index in [0.29, 0.717) is 13.0 Å². The first-order valence-electron chi connectivity index (χ1n) is 32.6. The summed E-state index contributed by atoms with van der Waals surface area (Å²) in [4.78, 5) is 13.1. The smallest absolute Gasteiger partial charge is 0.306 e. The number of hydrogen-bond acceptors (Lipinski definition) is 14. The van der Waals surface area contributed by atoms with Crippen LogP contribution in [0.15, 0.2) is 36.5 Å². The first-order valence-corrected chi connectivity index (χ1v) is 32.6. The molecule has 2 heterocycles. The van der Waals surface area contributed by atoms with Crippen LogP contribution < -0.4 is 0 Å². The van der Waals surface area contributed by atoms with Crippen LogP contribution in [0.1, 0.15) is 271 Å². The Kier molecular flexibility index (Phi) is 48.1. The maximum atomic E-state index is 13.1. The highest BCUT2D eigenvalue weighted by Crippen LogP contribution is 2.27. The SMILES string of the molecule is CCCCC/C=C\C/C=C\CCCCCCCCCCCC(=O)OC(COCCCCCCCCCCCCCCCC/C=C\CCCCCCCCCC)COC1OC(COC2OC(CO)C(O)C(O)C2O)C(O)C(O)C1O. The second kappa shape index (κ2) is 51.8. The van der Waals surface area contributed by atoms with Crippen molar-refractivity contribution in [1.29, 1.82) is 0 Å². The van der Waals surface area contributed by atoms with Crippen LogP contribution in [-0.2, 0) is 33.2 Å². The number of aliphatic hydroxyl groups excluding tert-OH is 7. The van der Waals surface area contributed by atoms with Gasteiger partial charge in [0.25, 0.3) is 0 Å². The number of carbonyl (C=O) groups excluding carboxylic acids is 1. The van der Waals surface area contributed by atoms with E-state index in [1.165, 1.54) is 193 Å². The monoisotopic (exact) mass is 1120 g/mol. The average molecular weight is 1130 g/mol. The standard InChI is InChI=1S/C65H120O14/c1-3-5-7-9-11-13-15-17-19-21-23-24-25-26-27-28-29-31-33-35-37-39-41-43-45-47-49-74-51-54(77-57(67)48-46-44-42-40-38-36-34-32-30-22-20-18-16-14-12-10-8-6-4-2)52-75-64-63(73)61(71)59(69)56(79-64)53-76-65-62(72)60(70)58(68)55(50-66)78-65/h12,14,18,20-21,23,54-56,58-66,68-73H,3-11,13,15-17,19,22,24-53H2,1-2H3/b14-12-,20-18-,23-21-. The number of carbonyl (C=O) groups is 1. The quantitative estimate of drug-likeness (QED) is 0.0172. The third-order valence-electron chi connectivity index (χ3n) is 15.6. The Labute approximate surface area is 480 Å². The van der Waals surface area contributed by atoms with Crippen molar-refractivity contribution in [2.24, 2.45) is 0 Å². The predicted molar refractivity (Wildman–Crippen MR) is 316 cm³/mol. The van der Waals surface area contributed by atoms with Gasteiger partial charge in [0, 0.05) is 13.0 Å². The molecule has 0 spiro atoms. The molecule has 0 saturated carbocycles. The topological polar surface area (TPSA) is 214 Å². The zero-order valence-electron chi connectivity index (χ0n) is 50.1. The van der Waals surface area contributed by atoms with E-state index in [1.54, 1.807) is 0 Å². The molecule has 14 heteroatoms. The van der Waals surface area contributed by atoms with Crippen molar-refractivity contribution in [2.75, 3.05) is 33.0 Å². The Hall–Kier alpha value is -1.79. The first kappa shape index (κ1) is 73.3. The summed E-state index contributed by atoms with van der Waals surface area (Å²) in [6, 6.07) is 0. The number of allylic oxidation sites excluding steroid dienone is 6. The number of aliphatic hydroxyl groups is 7. The maximum absolute atomic E-state index is 13.1. The molecule has 2 rings (SSSR count). The minimum Gasteiger partial charge on any atom is -0.457 e. The first-order chi connectivity index (χ1) is 38.6. The van der Waals surface area contributed by atoms with Crippen LogP contribution in [0.2, 0.25) is 0 Å². The van der Waals surface area contributed by atoms with E-state index in [1.807, 2.05) is 0 Å². The number of rotatable bonds is 54. The van der Waals surface area contributed by atoms with Crippen molar-refractivity contribution in [3.8, 4) is 0 Å². The summed E-state index contributed by atoms with van der Waals surface area (Å²) in [7, 11) is 0. The summed E-state index contributed by atoms with van der Waals surface area (Å²) in [5, 5.41) is 72.5. The molecule has 79 heavy (non-hydrogen) atoms. The maximum Gasteiger partial charge on any atom is 0.306 e. The van der Waals surface area contributed by atoms with E-state index in [2.05, 4.69) is 50.3 Å². The fourth-order valence-corrected chi connectivity index (χ4v) is 10.4. The summed E-state index contributed by atoms with van der Waals surface area (Å²) in [5.74, 6) is -0.376. The molecule has 0 amide bonds. The van der Waals surface area contributed by atoms with E-state index in [4.69, 9.17) is 28.4 Å². The lowest BCUT2D eigenvalue weighted by Crippen LogP contribution is -2.61. The molecule has 2 fully saturated rings. The molecule has 0 aromatic heterocycles. The van der Waals surface area contributed by atoms with Gasteiger partial charge in [-0.3, -0.25) is 4.79 Å². The van der Waals surface area contributed by atoms with Crippen LogP contribution in [0.3, 0.4) is 0 Å². The van der Waals surface area contributed by atoms with Crippen LogP contribution in [-0.4, -0.2) is 142 Å². The van der Waals surface area contributed by atoms with Gasteiger partial charge in [-0.2, -0.15) is 0 Å². The number of unbranched alkanes of at least 4 members (excludes halogenated alkanes) is 34. The summed E-state index contributed by atoms with van der Waals surface area (Å²) in [6.07, 6.45) is 46.4. The van der Waals surface area contributed by atoms with Gasteiger partial charge in [-0.25, -0.2) is 0 Å². The highest BCUT2D eigenvalue weighted by molar-refractivity contribution is 5.69. The Morgan fingerprint density at radius 2 is 0.785 bits per heavy atom. The van der Waals surface area contributed by atoms with Crippen molar-refractivity contribution in [3.63, 3.8) is 0 Å². The molecule has 2 aliphatic heterocycles. The molecule has 11 unspecified atom stereocenters. The van der Waals surface area contributed by atoms with Gasteiger partial charge in [0.1, 0.15) is 54.9 Å². The van der Waals surface area contributed by atoms with Crippen molar-refractivity contribution >= 4 is 5.97 Å². The molecular formula is C65H120O14. The minimum absolute atomic E-state index is 0.0625. The molecule has 2 aliphatic rings. The lowest BCUT2D eigenvalue weighted by molar-refractivity contribution is -0.332. The van der Waals surface area contributed by atoms with Crippen molar-refractivity contribution < 1.29 is 69.0 Å². The normalized spacial score (nSPS) is 24.2. The van der Waals surface area contributed by atoms with Gasteiger partial charge in [-0.1, -0.05) is 230 Å². The molecule has 0 bridgehead atoms. The third kappa shape index (κ3) is 37.9. The van der Waals surface area contributed by atoms with E-state index in [-0.39, 0.29) is 25.6 Å². The summed E-state index contributed by atoms with van der Waals surface area (Å²) in [6.45, 7) is 3.71. The van der Waals surface area contributed by atoms with Crippen molar-refractivity contribution in [2.45, 2.75) is 338 Å². The second-order valence-electron chi connectivity index (χ2n) is 22.9. The molecule has 14 nitrogen and oxygen atoms in total. The van der Waals surface area contributed by atoms with E-state index in [9.17, 15) is 40.5 Å². The van der Waals surface area contributed by atoms with E-state index < -0.39 is 80.7 Å². The molecule has 464 valence electrons. The summed E-state index contributed by atoms with van der Waals surface area (Å²) >= 11 is 0. The van der Waals surface area contributed by atoms with Gasteiger partial charge in [0.15, 0.2) is 12.6 Å². The Bertz CT molecular complexity index is 1450. The molecule has 0 aromatic rings. The lowest BCUT2D eigenvalue weighted by Gasteiger charge is -2.42. The fourth-order valence-electron chi connectivity index (χ4n) is 10.4. The zero-order valence-corrected chi connectivity index (χ0v) is 50.1. The molecule has 0 aliphatic carbocycles. The number of esters is 1. The van der Waals surface area contributed by atoms with Crippen LogP contribution >= 0.6 is 0 Å². The highest BCUT2D eigenvalue weighted by Gasteiger charge is 2.47. The van der Waals surface area contributed by atoms with Crippen molar-refractivity contribution in [3.05, 3.63) is 36.5 Å². The van der Waals surface area contributed by atoms with Gasteiger partial charge < -0.3 is 64.2 Å². The van der Waals surface area contributed by atoms with Gasteiger partial charge in [0.05, 0.1) is 26.4 Å². The van der Waals surface area contributed by atoms with E-state index in [0.717, 1.165) is 51.4 Å². The largest absolute Gasteiger partial charge is 0.457 e. The van der Waals surface area contributed by atoms with Crippen LogP contribution in [0.5, 0.6) is 0 Å². The lowest BCUT2D eigenvalue weighted by atomic mass is 9.98. The van der Waals surface area contributed by atoms with Crippen LogP contribution in [0, 0.1) is 0 Å². The molecule has 0 radical (unpaired) electrons. The molecule has 11 atom stereocenters. The Morgan fingerprint density at radius 3 is 1.25 bits per heavy atom. The predicted octanol–water partition coefficient (Wildman–Crippen LogP) is 12.9. The Morgan fingerprint density at radius 1 is 0.418 bits per heavy atom. The van der Waals surface area contributed by atoms with Crippen molar-refractivity contribution in [1.82, 2.24) is 0 Å². The molecule has 0 aromatic carbocycles. The summed E-state index contributed by atoms with van der Waals surface area (Å²) < 4.78 is 34.5. The Balaban J connectivity index is 1.65. The van der Waals surface area contributed by atoms with Crippen LogP contribution in [0.25, 0.3) is 0 Å². The molecule has 7 N–H and O–H groups in total. The van der Waals surface area contributed by atoms with Crippen LogP contribution in [0.4, 0.5) is 0 Å². The van der Waals surface area contributed by atoms with Gasteiger partial charge in [-0.05, 0) is 70.6 Å². The number of hydrogen-bond donors (Lipinski definition) is 7. The average Bonchev–Trinajstić information content (AvgIpc) is 3.46. The third-order valence-corrected chi connectivity index (χ3v) is 15.6. The highest BCUT2D eigenvalue weighted by atomic mass is 16.7. The summed E-state index contributed by atoms with van der Waals surface area (Å²) in [5.41, 5.74) is 0. The van der Waals surface area contributed by atoms with Gasteiger partial charge in [0.2, 0.25) is 0 Å². The van der Waals surface area contributed by atoms with Gasteiger partial charge in [-0.15, -0.1) is 0 Å². The van der Waals surface area contributed by atoms with E-state index >= 15 is 0 Å². The fraction of sp³-hybridized carbons (Fsp3) is 0.892. The second-order valence-corrected chi connectivity index (χ2v) is 22.9. The molecule has 2 saturated heterocycles. The molecular weight excluding hydrogens is 1000 g/mol.